The number of hydrogen-bond acceptors (Lipinski definition) is 4. The average Bonchev–Trinajstić information content (AvgIpc) is 2.73. The zero-order valence-electron chi connectivity index (χ0n) is 16.2. The van der Waals surface area contributed by atoms with Crippen LogP contribution in [0.5, 0.6) is 0 Å². The number of para-hydroxylation sites is 1. The van der Waals surface area contributed by atoms with Crippen molar-refractivity contribution in [3.63, 3.8) is 0 Å². The van der Waals surface area contributed by atoms with Gasteiger partial charge in [-0.1, -0.05) is 48.5 Å². The number of carbonyl (C=O) groups excluding carboxylic acids is 1. The lowest BCUT2D eigenvalue weighted by Gasteiger charge is -2.29. The van der Waals surface area contributed by atoms with Crippen LogP contribution in [0.15, 0.2) is 60.7 Å². The van der Waals surface area contributed by atoms with Gasteiger partial charge >= 0.3 is 0 Å². The number of hydrogen-bond donors (Lipinski definition) is 1. The minimum Gasteiger partial charge on any atom is -0.344 e. The number of benzene rings is 2. The summed E-state index contributed by atoms with van der Waals surface area (Å²) in [4.78, 5) is 24.2. The van der Waals surface area contributed by atoms with E-state index in [0.717, 1.165) is 36.3 Å². The molecular weight excluding hydrogens is 348 g/mol. The van der Waals surface area contributed by atoms with E-state index in [1.165, 1.54) is 5.56 Å². The number of aryl methyl sites for hydroxylation is 2. The smallest absolute Gasteiger partial charge is 0.270 e. The zero-order chi connectivity index (χ0) is 19.5. The van der Waals surface area contributed by atoms with Crippen LogP contribution in [0.2, 0.25) is 0 Å². The van der Waals surface area contributed by atoms with E-state index in [1.807, 2.05) is 50.2 Å². The number of amides is 1. The second-order valence-corrected chi connectivity index (χ2v) is 7.18. The normalized spacial score (nSPS) is 14.3. The molecule has 1 aliphatic heterocycles. The first-order valence-corrected chi connectivity index (χ1v) is 9.69. The van der Waals surface area contributed by atoms with Gasteiger partial charge in [0.05, 0.1) is 6.04 Å². The highest BCUT2D eigenvalue weighted by Gasteiger charge is 2.22. The fourth-order valence-electron chi connectivity index (χ4n) is 3.63. The monoisotopic (exact) mass is 372 g/mol. The van der Waals surface area contributed by atoms with Crippen molar-refractivity contribution in [1.29, 1.82) is 0 Å². The molecule has 28 heavy (non-hydrogen) atoms. The van der Waals surface area contributed by atoms with E-state index < -0.39 is 0 Å². The maximum absolute atomic E-state index is 12.8. The molecule has 1 N–H and O–H groups in total. The van der Waals surface area contributed by atoms with Gasteiger partial charge in [0.1, 0.15) is 5.69 Å². The number of aromatic nitrogens is 2. The molecule has 1 atom stereocenters. The van der Waals surface area contributed by atoms with Gasteiger partial charge in [-0.05, 0) is 49.9 Å². The summed E-state index contributed by atoms with van der Waals surface area (Å²) < 4.78 is 0. The Labute approximate surface area is 165 Å². The molecule has 1 amide bonds. The summed E-state index contributed by atoms with van der Waals surface area (Å²) >= 11 is 0. The van der Waals surface area contributed by atoms with E-state index in [4.69, 9.17) is 0 Å². The van der Waals surface area contributed by atoms with Crippen LogP contribution in [0.3, 0.4) is 0 Å². The van der Waals surface area contributed by atoms with Crippen molar-refractivity contribution >= 4 is 17.5 Å². The van der Waals surface area contributed by atoms with Gasteiger partial charge in [-0.15, -0.1) is 0 Å². The van der Waals surface area contributed by atoms with Crippen molar-refractivity contribution in [2.24, 2.45) is 0 Å². The average molecular weight is 372 g/mol. The molecule has 2 aromatic carbocycles. The maximum Gasteiger partial charge on any atom is 0.270 e. The maximum atomic E-state index is 12.8. The molecule has 0 fully saturated rings. The number of rotatable bonds is 4. The first-order valence-electron chi connectivity index (χ1n) is 9.69. The van der Waals surface area contributed by atoms with Gasteiger partial charge in [0.15, 0.2) is 0 Å². The first kappa shape index (κ1) is 18.2. The third kappa shape index (κ3) is 3.74. The summed E-state index contributed by atoms with van der Waals surface area (Å²) in [5, 5.41) is 3.04. The van der Waals surface area contributed by atoms with Crippen LogP contribution in [0.4, 0.5) is 11.6 Å². The van der Waals surface area contributed by atoms with Gasteiger partial charge in [0.2, 0.25) is 5.95 Å². The van der Waals surface area contributed by atoms with Gasteiger partial charge in [0, 0.05) is 17.9 Å². The van der Waals surface area contributed by atoms with E-state index >= 15 is 0 Å². The van der Waals surface area contributed by atoms with Crippen molar-refractivity contribution in [3.05, 3.63) is 83.2 Å². The van der Waals surface area contributed by atoms with Crippen molar-refractivity contribution < 1.29 is 4.79 Å². The molecular formula is C23H24N4O. The van der Waals surface area contributed by atoms with Crippen LogP contribution < -0.4 is 10.2 Å². The standard InChI is InChI=1S/C23H24N4O/c1-16-15-20(22(28)25-17(2)18-9-4-3-5-10-18)26-23(24-16)27-14-8-12-19-11-6-7-13-21(19)27/h3-7,9-11,13,15,17H,8,12,14H2,1-2H3,(H,25,28). The number of carbonyl (C=O) groups is 1. The summed E-state index contributed by atoms with van der Waals surface area (Å²) in [6.45, 7) is 4.73. The number of fused-ring (bicyclic) bond motifs is 1. The van der Waals surface area contributed by atoms with Crippen LogP contribution in [-0.2, 0) is 6.42 Å². The highest BCUT2D eigenvalue weighted by atomic mass is 16.1. The van der Waals surface area contributed by atoms with Crippen molar-refractivity contribution in [1.82, 2.24) is 15.3 Å². The van der Waals surface area contributed by atoms with Crippen LogP contribution in [0, 0.1) is 6.92 Å². The van der Waals surface area contributed by atoms with E-state index in [1.54, 1.807) is 6.07 Å². The highest BCUT2D eigenvalue weighted by Crippen LogP contribution is 2.31. The molecule has 1 aromatic heterocycles. The number of anilines is 2. The molecule has 1 aliphatic rings. The highest BCUT2D eigenvalue weighted by molar-refractivity contribution is 5.93. The topological polar surface area (TPSA) is 58.1 Å². The fourth-order valence-corrected chi connectivity index (χ4v) is 3.63. The molecule has 0 radical (unpaired) electrons. The van der Waals surface area contributed by atoms with E-state index in [2.05, 4.69) is 38.4 Å². The van der Waals surface area contributed by atoms with Gasteiger partial charge < -0.3 is 10.2 Å². The van der Waals surface area contributed by atoms with E-state index in [0.29, 0.717) is 11.6 Å². The molecule has 0 bridgehead atoms. The largest absolute Gasteiger partial charge is 0.344 e. The lowest BCUT2D eigenvalue weighted by atomic mass is 10.0. The van der Waals surface area contributed by atoms with Gasteiger partial charge in [-0.3, -0.25) is 4.79 Å². The van der Waals surface area contributed by atoms with Crippen molar-refractivity contribution in [3.8, 4) is 0 Å². The predicted octanol–water partition coefficient (Wildman–Crippen LogP) is 4.36. The minimum atomic E-state index is -0.187. The number of nitrogens with zero attached hydrogens (tertiary/aromatic N) is 3. The lowest BCUT2D eigenvalue weighted by Crippen LogP contribution is -2.30. The molecule has 0 aliphatic carbocycles. The SMILES string of the molecule is Cc1cc(C(=O)NC(C)c2ccccc2)nc(N2CCCc3ccccc32)n1. The van der Waals surface area contributed by atoms with Gasteiger partial charge in [-0.2, -0.15) is 0 Å². The summed E-state index contributed by atoms with van der Waals surface area (Å²) in [5.41, 5.74) is 4.66. The van der Waals surface area contributed by atoms with Crippen LogP contribution in [0.1, 0.15) is 46.7 Å². The van der Waals surface area contributed by atoms with Gasteiger partial charge in [-0.25, -0.2) is 9.97 Å². The molecule has 3 aromatic rings. The molecule has 0 saturated carbocycles. The third-order valence-electron chi connectivity index (χ3n) is 5.07. The molecule has 2 heterocycles. The van der Waals surface area contributed by atoms with Gasteiger partial charge in [0.25, 0.3) is 5.91 Å². The fraction of sp³-hybridized carbons (Fsp3) is 0.261. The quantitative estimate of drug-likeness (QED) is 0.739. The Hall–Kier alpha value is -3.21. The summed E-state index contributed by atoms with van der Waals surface area (Å²) in [6.07, 6.45) is 2.10. The van der Waals surface area contributed by atoms with E-state index in [-0.39, 0.29) is 11.9 Å². The molecule has 142 valence electrons. The Bertz CT molecular complexity index is 987. The third-order valence-corrected chi connectivity index (χ3v) is 5.07. The summed E-state index contributed by atoms with van der Waals surface area (Å²) in [5.74, 6) is 0.401. The second-order valence-electron chi connectivity index (χ2n) is 7.18. The van der Waals surface area contributed by atoms with Crippen molar-refractivity contribution in [2.75, 3.05) is 11.4 Å². The molecule has 0 spiro atoms. The Morgan fingerprint density at radius 3 is 2.64 bits per heavy atom. The summed E-state index contributed by atoms with van der Waals surface area (Å²) in [6, 6.07) is 19.9. The number of nitrogens with one attached hydrogen (secondary N) is 1. The summed E-state index contributed by atoms with van der Waals surface area (Å²) in [7, 11) is 0. The van der Waals surface area contributed by atoms with Crippen LogP contribution >= 0.6 is 0 Å². The Balaban J connectivity index is 1.60. The second kappa shape index (κ2) is 7.80. The zero-order valence-corrected chi connectivity index (χ0v) is 16.2. The first-order chi connectivity index (χ1) is 13.6. The molecule has 1 unspecified atom stereocenters. The Morgan fingerprint density at radius 2 is 1.82 bits per heavy atom. The lowest BCUT2D eigenvalue weighted by molar-refractivity contribution is 0.0934. The Morgan fingerprint density at radius 1 is 1.07 bits per heavy atom. The molecule has 0 saturated heterocycles. The Kier molecular flexibility index (Phi) is 5.06. The van der Waals surface area contributed by atoms with Crippen LogP contribution in [-0.4, -0.2) is 22.4 Å². The molecule has 4 rings (SSSR count). The minimum absolute atomic E-state index is 0.0943. The van der Waals surface area contributed by atoms with E-state index in [9.17, 15) is 4.79 Å². The van der Waals surface area contributed by atoms with Crippen LogP contribution in [0.25, 0.3) is 0 Å². The molecule has 5 nitrogen and oxygen atoms in total. The van der Waals surface area contributed by atoms with Crippen molar-refractivity contribution in [2.45, 2.75) is 32.7 Å². The molecule has 5 heteroatoms. The predicted molar refractivity (Wildman–Crippen MR) is 111 cm³/mol.